The number of hydrogen-bond donors (Lipinski definition) is 3. The van der Waals surface area contributed by atoms with Gasteiger partial charge >= 0.3 is 12.1 Å². The van der Waals surface area contributed by atoms with Gasteiger partial charge in [-0.05, 0) is 53.3 Å². The molecule has 0 aromatic heterocycles. The third kappa shape index (κ3) is 5.69. The molecule has 0 bridgehead atoms. The Bertz CT molecular complexity index is 1190. The molecule has 35 heavy (non-hydrogen) atoms. The average Bonchev–Trinajstić information content (AvgIpc) is 3.19. The first kappa shape index (κ1) is 24.0. The molecule has 0 heterocycles. The second-order valence-electron chi connectivity index (χ2n) is 8.67. The number of nitrogens with one attached hydrogen (secondary N) is 2. The van der Waals surface area contributed by atoms with E-state index in [0.29, 0.717) is 25.1 Å². The van der Waals surface area contributed by atoms with Crippen LogP contribution in [0.15, 0.2) is 72.8 Å². The van der Waals surface area contributed by atoms with E-state index in [1.807, 2.05) is 24.3 Å². The summed E-state index contributed by atoms with van der Waals surface area (Å²) in [5.41, 5.74) is 5.24. The highest BCUT2D eigenvalue weighted by Crippen LogP contribution is 2.44. The monoisotopic (exact) mass is 472 g/mol. The van der Waals surface area contributed by atoms with Gasteiger partial charge in [-0.2, -0.15) is 0 Å². The number of alkyl carbamates (subject to hydrolysis) is 1. The summed E-state index contributed by atoms with van der Waals surface area (Å²) in [6.45, 7) is 2.44. The molecule has 7 nitrogen and oxygen atoms in total. The number of anilines is 1. The van der Waals surface area contributed by atoms with Crippen molar-refractivity contribution in [2.75, 3.05) is 18.5 Å². The lowest BCUT2D eigenvalue weighted by atomic mass is 9.98. The van der Waals surface area contributed by atoms with E-state index in [1.54, 1.807) is 19.1 Å². The smallest absolute Gasteiger partial charge is 0.407 e. The van der Waals surface area contributed by atoms with Gasteiger partial charge in [0.05, 0.1) is 5.56 Å². The van der Waals surface area contributed by atoms with Crippen LogP contribution in [-0.4, -0.2) is 36.2 Å². The Labute approximate surface area is 204 Å². The Morgan fingerprint density at radius 2 is 1.60 bits per heavy atom. The van der Waals surface area contributed by atoms with Crippen molar-refractivity contribution in [3.05, 3.63) is 89.5 Å². The van der Waals surface area contributed by atoms with Gasteiger partial charge in [-0.25, -0.2) is 9.59 Å². The van der Waals surface area contributed by atoms with E-state index in [1.165, 1.54) is 23.3 Å². The number of carboxylic acid groups (broad SMARTS) is 1. The highest BCUT2D eigenvalue weighted by atomic mass is 16.5. The zero-order valence-corrected chi connectivity index (χ0v) is 19.5. The molecule has 0 aliphatic heterocycles. The van der Waals surface area contributed by atoms with Crippen molar-refractivity contribution in [2.45, 2.75) is 25.7 Å². The number of ether oxygens (including phenoxy) is 1. The molecule has 3 N–H and O–H groups in total. The third-order valence-corrected chi connectivity index (χ3v) is 6.25. The van der Waals surface area contributed by atoms with Crippen molar-refractivity contribution in [3.8, 4) is 11.1 Å². The van der Waals surface area contributed by atoms with Gasteiger partial charge in [0, 0.05) is 24.1 Å². The second-order valence-corrected chi connectivity index (χ2v) is 8.67. The van der Waals surface area contributed by atoms with Gasteiger partial charge in [-0.1, -0.05) is 61.5 Å². The second kappa shape index (κ2) is 10.9. The molecule has 0 saturated carbocycles. The maximum atomic E-state index is 12.4. The van der Waals surface area contributed by atoms with Crippen molar-refractivity contribution in [2.24, 2.45) is 5.92 Å². The lowest BCUT2D eigenvalue weighted by Gasteiger charge is -2.15. The Kier molecular flexibility index (Phi) is 7.45. The molecule has 3 aromatic rings. The van der Waals surface area contributed by atoms with E-state index in [2.05, 4.69) is 34.9 Å². The summed E-state index contributed by atoms with van der Waals surface area (Å²) in [7, 11) is 0. The molecular weight excluding hydrogens is 444 g/mol. The van der Waals surface area contributed by atoms with Crippen molar-refractivity contribution >= 4 is 23.7 Å². The molecule has 0 spiro atoms. The Balaban J connectivity index is 1.20. The van der Waals surface area contributed by atoms with Crippen LogP contribution in [0.3, 0.4) is 0 Å². The number of carboxylic acids is 1. The van der Waals surface area contributed by atoms with Gasteiger partial charge in [-0.15, -0.1) is 0 Å². The van der Waals surface area contributed by atoms with Crippen LogP contribution < -0.4 is 10.6 Å². The fourth-order valence-corrected chi connectivity index (χ4v) is 4.37. The molecule has 4 rings (SSSR count). The van der Waals surface area contributed by atoms with Crippen LogP contribution in [0.5, 0.6) is 0 Å². The minimum atomic E-state index is -1.05. The first-order valence-corrected chi connectivity index (χ1v) is 11.7. The first-order valence-electron chi connectivity index (χ1n) is 11.7. The summed E-state index contributed by atoms with van der Waals surface area (Å²) in [6.07, 6.45) is 0.691. The van der Waals surface area contributed by atoms with Gasteiger partial charge < -0.3 is 20.5 Å². The fraction of sp³-hybridized carbons (Fsp3) is 0.250. The van der Waals surface area contributed by atoms with Gasteiger partial charge in [0.15, 0.2) is 0 Å². The molecule has 2 amide bonds. The van der Waals surface area contributed by atoms with E-state index < -0.39 is 12.1 Å². The Morgan fingerprint density at radius 3 is 2.26 bits per heavy atom. The number of carbonyl (C=O) groups is 3. The fourth-order valence-electron chi connectivity index (χ4n) is 4.37. The predicted molar refractivity (Wildman–Crippen MR) is 134 cm³/mol. The quantitative estimate of drug-likeness (QED) is 0.368. The topological polar surface area (TPSA) is 105 Å². The van der Waals surface area contributed by atoms with Crippen LogP contribution in [0.4, 0.5) is 10.5 Å². The molecule has 1 aliphatic carbocycles. The minimum Gasteiger partial charge on any atom is -0.478 e. The van der Waals surface area contributed by atoms with Gasteiger partial charge in [0.25, 0.3) is 0 Å². The molecule has 1 atom stereocenters. The molecular formula is C28H28N2O5. The lowest BCUT2D eigenvalue weighted by molar-refractivity contribution is -0.119. The number of benzene rings is 3. The van der Waals surface area contributed by atoms with Gasteiger partial charge in [0.2, 0.25) is 5.91 Å². The number of aromatic carboxylic acids is 1. The molecule has 1 unspecified atom stereocenters. The van der Waals surface area contributed by atoms with E-state index >= 15 is 0 Å². The van der Waals surface area contributed by atoms with Crippen molar-refractivity contribution < 1.29 is 24.2 Å². The number of carbonyl (C=O) groups excluding carboxylic acids is 2. The lowest BCUT2D eigenvalue weighted by Crippen LogP contribution is -2.28. The van der Waals surface area contributed by atoms with Crippen molar-refractivity contribution in [1.29, 1.82) is 0 Å². The van der Waals surface area contributed by atoms with Gasteiger partial charge in [0.1, 0.15) is 6.61 Å². The van der Waals surface area contributed by atoms with Crippen LogP contribution in [0.2, 0.25) is 0 Å². The summed E-state index contributed by atoms with van der Waals surface area (Å²) < 4.78 is 5.53. The molecule has 0 saturated heterocycles. The molecule has 3 aromatic carbocycles. The molecule has 180 valence electrons. The van der Waals surface area contributed by atoms with Crippen LogP contribution in [-0.2, 0) is 9.53 Å². The predicted octanol–water partition coefficient (Wildman–Crippen LogP) is 5.28. The summed E-state index contributed by atoms with van der Waals surface area (Å²) >= 11 is 0. The van der Waals surface area contributed by atoms with E-state index in [4.69, 9.17) is 9.84 Å². The number of hydrogen-bond acceptors (Lipinski definition) is 4. The SMILES string of the molecule is CC(CCCNC(=O)OCC1c2ccccc2-c2ccccc21)C(=O)Nc1cccc(C(=O)O)c1. The number of rotatable bonds is 9. The van der Waals surface area contributed by atoms with Crippen LogP contribution >= 0.6 is 0 Å². The zero-order valence-electron chi connectivity index (χ0n) is 19.5. The van der Waals surface area contributed by atoms with Crippen LogP contribution in [0.25, 0.3) is 11.1 Å². The molecule has 7 heteroatoms. The van der Waals surface area contributed by atoms with Crippen LogP contribution in [0.1, 0.15) is 47.2 Å². The highest BCUT2D eigenvalue weighted by Gasteiger charge is 2.29. The van der Waals surface area contributed by atoms with Crippen molar-refractivity contribution in [3.63, 3.8) is 0 Å². The molecule has 0 radical (unpaired) electrons. The summed E-state index contributed by atoms with van der Waals surface area (Å²) in [4.78, 5) is 35.7. The normalized spacial score (nSPS) is 12.8. The average molecular weight is 473 g/mol. The molecule has 1 aliphatic rings. The summed E-state index contributed by atoms with van der Waals surface area (Å²) in [5.74, 6) is -1.54. The Hall–Kier alpha value is -4.13. The Morgan fingerprint density at radius 1 is 0.943 bits per heavy atom. The largest absolute Gasteiger partial charge is 0.478 e. The van der Waals surface area contributed by atoms with E-state index in [9.17, 15) is 14.4 Å². The van der Waals surface area contributed by atoms with Crippen LogP contribution in [0, 0.1) is 5.92 Å². The third-order valence-electron chi connectivity index (χ3n) is 6.25. The summed E-state index contributed by atoms with van der Waals surface area (Å²) in [6, 6.07) is 22.5. The van der Waals surface area contributed by atoms with Crippen molar-refractivity contribution in [1.82, 2.24) is 5.32 Å². The maximum Gasteiger partial charge on any atom is 0.407 e. The maximum absolute atomic E-state index is 12.4. The highest BCUT2D eigenvalue weighted by molar-refractivity contribution is 5.94. The standard InChI is InChI=1S/C28H28N2O5/c1-18(26(31)30-20-10-6-9-19(16-20)27(32)33)8-7-15-29-28(34)35-17-25-23-13-4-2-11-21(23)22-12-3-5-14-24(22)25/h2-6,9-14,16,18,25H,7-8,15,17H2,1H3,(H,29,34)(H,30,31)(H,32,33). The number of amides is 2. The first-order chi connectivity index (χ1) is 16.9. The van der Waals surface area contributed by atoms with E-state index in [-0.39, 0.29) is 29.9 Å². The minimum absolute atomic E-state index is 0.0106. The number of fused-ring (bicyclic) bond motifs is 3. The summed E-state index contributed by atoms with van der Waals surface area (Å²) in [5, 5.41) is 14.6. The van der Waals surface area contributed by atoms with E-state index in [0.717, 1.165) is 11.1 Å². The molecule has 0 fully saturated rings. The van der Waals surface area contributed by atoms with Gasteiger partial charge in [-0.3, -0.25) is 4.79 Å². The zero-order chi connectivity index (χ0) is 24.8.